The zero-order valence-corrected chi connectivity index (χ0v) is 18.0. The van der Waals surface area contributed by atoms with Crippen LogP contribution in [0.15, 0.2) is 47.4 Å². The number of rotatable bonds is 9. The third-order valence-electron chi connectivity index (χ3n) is 4.88. The van der Waals surface area contributed by atoms with Crippen molar-refractivity contribution in [3.05, 3.63) is 74.5 Å². The van der Waals surface area contributed by atoms with Crippen LogP contribution in [0, 0.1) is 0 Å². The highest BCUT2D eigenvalue weighted by Crippen LogP contribution is 2.27. The molecule has 0 aliphatic heterocycles. The van der Waals surface area contributed by atoms with E-state index >= 15 is 0 Å². The summed E-state index contributed by atoms with van der Waals surface area (Å²) in [5, 5.41) is 22.0. The Morgan fingerprint density at radius 3 is 2.55 bits per heavy atom. The van der Waals surface area contributed by atoms with Gasteiger partial charge in [-0.1, -0.05) is 23.7 Å². The number of aliphatic hydroxyl groups is 2. The Balaban J connectivity index is 1.98. The number of hydrogen-bond donors (Lipinski definition) is 3. The van der Waals surface area contributed by atoms with Crippen molar-refractivity contribution in [1.82, 2.24) is 9.88 Å². The van der Waals surface area contributed by atoms with Crippen molar-refractivity contribution >= 4 is 28.4 Å². The number of ether oxygens (including phenoxy) is 1. The van der Waals surface area contributed by atoms with Crippen LogP contribution >= 0.6 is 11.6 Å². The molecule has 3 N–H and O–H groups in total. The zero-order chi connectivity index (χ0) is 22.4. The first-order chi connectivity index (χ1) is 14.9. The highest BCUT2D eigenvalue weighted by molar-refractivity contribution is 6.30. The largest absolute Gasteiger partial charge is 0.489 e. The van der Waals surface area contributed by atoms with Crippen LogP contribution in [0.25, 0.3) is 10.9 Å². The fourth-order valence-electron chi connectivity index (χ4n) is 3.40. The summed E-state index contributed by atoms with van der Waals surface area (Å²) in [6.45, 7) is 0.201. The number of carbonyl (C=O) groups is 1. The molecule has 7 nitrogen and oxygen atoms in total. The number of benzene rings is 2. The van der Waals surface area contributed by atoms with Crippen molar-refractivity contribution in [2.45, 2.75) is 19.4 Å². The molecule has 8 heteroatoms. The minimum Gasteiger partial charge on any atom is -0.489 e. The summed E-state index contributed by atoms with van der Waals surface area (Å²) in [5.74, 6) is -0.0248. The van der Waals surface area contributed by atoms with Gasteiger partial charge < -0.3 is 24.8 Å². The van der Waals surface area contributed by atoms with Gasteiger partial charge in [0.15, 0.2) is 0 Å². The molecule has 1 amide bonds. The fourth-order valence-corrected chi connectivity index (χ4v) is 3.52. The van der Waals surface area contributed by atoms with E-state index in [9.17, 15) is 9.59 Å². The Kier molecular flexibility index (Phi) is 7.68. The number of aliphatic hydroxyl groups excluding tert-OH is 2. The highest BCUT2D eigenvalue weighted by atomic mass is 35.5. The van der Waals surface area contributed by atoms with E-state index in [4.69, 9.17) is 26.6 Å². The van der Waals surface area contributed by atoms with Gasteiger partial charge in [0.2, 0.25) is 5.43 Å². The standard InChI is InChI=1S/C23H25ClN2O5/c1-26-14-19(23(30)25-13-15-4-6-17(24)7-5-15)22(29)18-11-16(3-2-8-27)12-20(21(18)26)31-10-9-28/h4-7,11-12,14,27-28H,2-3,8-10,13H2,1H3,(H,25,30). The second-order valence-electron chi connectivity index (χ2n) is 7.18. The van der Waals surface area contributed by atoms with Crippen molar-refractivity contribution in [3.63, 3.8) is 0 Å². The smallest absolute Gasteiger partial charge is 0.257 e. The Morgan fingerprint density at radius 2 is 1.87 bits per heavy atom. The van der Waals surface area contributed by atoms with Crippen LogP contribution in [0.3, 0.4) is 0 Å². The molecule has 164 valence electrons. The van der Waals surface area contributed by atoms with Gasteiger partial charge in [0.1, 0.15) is 17.9 Å². The molecule has 2 aromatic carbocycles. The number of fused-ring (bicyclic) bond motifs is 1. The van der Waals surface area contributed by atoms with Crippen molar-refractivity contribution < 1.29 is 19.7 Å². The molecule has 1 heterocycles. The lowest BCUT2D eigenvalue weighted by Crippen LogP contribution is -2.29. The molecule has 0 radical (unpaired) electrons. The van der Waals surface area contributed by atoms with Crippen LogP contribution in [0.1, 0.15) is 27.9 Å². The number of amides is 1. The molecular weight excluding hydrogens is 420 g/mol. The third-order valence-corrected chi connectivity index (χ3v) is 5.13. The lowest BCUT2D eigenvalue weighted by atomic mass is 10.0. The van der Waals surface area contributed by atoms with Gasteiger partial charge in [-0.2, -0.15) is 0 Å². The number of hydrogen-bond acceptors (Lipinski definition) is 5. The summed E-state index contributed by atoms with van der Waals surface area (Å²) in [6.07, 6.45) is 2.58. The molecule has 0 saturated heterocycles. The maximum atomic E-state index is 13.2. The Labute approximate surface area is 184 Å². The number of carbonyl (C=O) groups excluding carboxylic acids is 1. The molecule has 0 bridgehead atoms. The summed E-state index contributed by atoms with van der Waals surface area (Å²) in [4.78, 5) is 26.0. The molecule has 0 atom stereocenters. The van der Waals surface area contributed by atoms with Gasteiger partial charge in [-0.25, -0.2) is 0 Å². The topological polar surface area (TPSA) is 101 Å². The normalized spacial score (nSPS) is 11.0. The number of nitrogens with zero attached hydrogens (tertiary/aromatic N) is 1. The predicted molar refractivity (Wildman–Crippen MR) is 120 cm³/mol. The SMILES string of the molecule is Cn1cc(C(=O)NCc2ccc(Cl)cc2)c(=O)c2cc(CCCO)cc(OCCO)c21. The first kappa shape index (κ1) is 22.8. The van der Waals surface area contributed by atoms with E-state index < -0.39 is 11.3 Å². The van der Waals surface area contributed by atoms with E-state index in [-0.39, 0.29) is 31.9 Å². The molecule has 0 spiro atoms. The summed E-state index contributed by atoms with van der Waals surface area (Å²) in [7, 11) is 1.73. The van der Waals surface area contributed by atoms with Gasteiger partial charge in [-0.3, -0.25) is 9.59 Å². The van der Waals surface area contributed by atoms with Crippen LogP contribution < -0.4 is 15.5 Å². The maximum absolute atomic E-state index is 13.2. The summed E-state index contributed by atoms with van der Waals surface area (Å²) in [6, 6.07) is 10.6. The van der Waals surface area contributed by atoms with Crippen LogP contribution in [0.5, 0.6) is 5.75 Å². The first-order valence-electron chi connectivity index (χ1n) is 9.98. The van der Waals surface area contributed by atoms with E-state index in [2.05, 4.69) is 5.32 Å². The molecule has 0 aliphatic carbocycles. The van der Waals surface area contributed by atoms with Crippen LogP contribution in [-0.4, -0.2) is 40.5 Å². The van der Waals surface area contributed by atoms with Gasteiger partial charge in [0.05, 0.1) is 17.5 Å². The second kappa shape index (κ2) is 10.4. The zero-order valence-electron chi connectivity index (χ0n) is 17.2. The maximum Gasteiger partial charge on any atom is 0.257 e. The Bertz CT molecular complexity index is 1130. The number of halogens is 1. The van der Waals surface area contributed by atoms with Crippen molar-refractivity contribution in [1.29, 1.82) is 0 Å². The van der Waals surface area contributed by atoms with Crippen LogP contribution in [0.4, 0.5) is 0 Å². The summed E-state index contributed by atoms with van der Waals surface area (Å²) >= 11 is 5.88. The van der Waals surface area contributed by atoms with Crippen molar-refractivity contribution in [2.24, 2.45) is 7.05 Å². The van der Waals surface area contributed by atoms with Crippen molar-refractivity contribution in [2.75, 3.05) is 19.8 Å². The quantitative estimate of drug-likeness (QED) is 0.470. The Hall–Kier alpha value is -2.87. The van der Waals surface area contributed by atoms with Crippen LogP contribution in [-0.2, 0) is 20.0 Å². The van der Waals surface area contributed by atoms with Gasteiger partial charge in [-0.15, -0.1) is 0 Å². The van der Waals surface area contributed by atoms with E-state index in [1.165, 1.54) is 6.20 Å². The molecule has 0 saturated carbocycles. The van der Waals surface area contributed by atoms with E-state index in [0.717, 1.165) is 11.1 Å². The molecule has 0 aliphatic rings. The van der Waals surface area contributed by atoms with Crippen molar-refractivity contribution in [3.8, 4) is 5.75 Å². The Morgan fingerprint density at radius 1 is 1.13 bits per heavy atom. The lowest BCUT2D eigenvalue weighted by Gasteiger charge is -2.15. The molecule has 0 unspecified atom stereocenters. The number of nitrogens with one attached hydrogen (secondary N) is 1. The van der Waals surface area contributed by atoms with E-state index in [1.807, 2.05) is 0 Å². The number of pyridine rings is 1. The van der Waals surface area contributed by atoms with Gasteiger partial charge in [0, 0.05) is 31.4 Å². The second-order valence-corrected chi connectivity index (χ2v) is 7.62. The lowest BCUT2D eigenvalue weighted by molar-refractivity contribution is 0.0949. The monoisotopic (exact) mass is 444 g/mol. The summed E-state index contributed by atoms with van der Waals surface area (Å²) in [5.41, 5.74) is 1.84. The van der Waals surface area contributed by atoms with Gasteiger partial charge in [-0.05, 0) is 48.2 Å². The van der Waals surface area contributed by atoms with Gasteiger partial charge >= 0.3 is 0 Å². The molecule has 0 fully saturated rings. The molecule has 31 heavy (non-hydrogen) atoms. The number of aryl methyl sites for hydroxylation is 2. The predicted octanol–water partition coefficient (Wildman–Crippen LogP) is 2.42. The van der Waals surface area contributed by atoms with E-state index in [1.54, 1.807) is 48.0 Å². The molecule has 3 rings (SSSR count). The average Bonchev–Trinajstić information content (AvgIpc) is 2.77. The summed E-state index contributed by atoms with van der Waals surface area (Å²) < 4.78 is 7.33. The minimum atomic E-state index is -0.476. The van der Waals surface area contributed by atoms with E-state index in [0.29, 0.717) is 34.5 Å². The third kappa shape index (κ3) is 5.44. The number of aromatic nitrogens is 1. The molecular formula is C23H25ClN2O5. The highest BCUT2D eigenvalue weighted by Gasteiger charge is 2.18. The fraction of sp³-hybridized carbons (Fsp3) is 0.304. The van der Waals surface area contributed by atoms with Crippen LogP contribution in [0.2, 0.25) is 5.02 Å². The minimum absolute atomic E-state index is 0.0238. The molecule has 1 aromatic heterocycles. The van der Waals surface area contributed by atoms with Gasteiger partial charge in [0.25, 0.3) is 5.91 Å². The molecule has 3 aromatic rings. The average molecular weight is 445 g/mol. The first-order valence-corrected chi connectivity index (χ1v) is 10.4.